The van der Waals surface area contributed by atoms with Gasteiger partial charge in [0.25, 0.3) is 0 Å². The minimum Gasteiger partial charge on any atom is -0.328 e. The van der Waals surface area contributed by atoms with Crippen molar-refractivity contribution in [1.82, 2.24) is 9.55 Å². The van der Waals surface area contributed by atoms with E-state index in [1.54, 1.807) is 0 Å². The number of hydrogen-bond donors (Lipinski definition) is 0. The quantitative estimate of drug-likeness (QED) is 0.656. The van der Waals surface area contributed by atoms with Gasteiger partial charge in [-0.05, 0) is 17.7 Å². The highest BCUT2D eigenvalue weighted by molar-refractivity contribution is 5.75. The third-order valence-corrected chi connectivity index (χ3v) is 2.76. The summed E-state index contributed by atoms with van der Waals surface area (Å²) in [6.45, 7) is 0.753. The molecule has 0 radical (unpaired) electrons. The molecule has 0 bridgehead atoms. The molecule has 0 aliphatic heterocycles. The van der Waals surface area contributed by atoms with E-state index in [0.29, 0.717) is 0 Å². The second kappa shape index (κ2) is 4.01. The van der Waals surface area contributed by atoms with Gasteiger partial charge in [0, 0.05) is 18.1 Å². The summed E-state index contributed by atoms with van der Waals surface area (Å²) < 4.78 is 15.0. The third-order valence-electron chi connectivity index (χ3n) is 2.76. The van der Waals surface area contributed by atoms with E-state index in [1.165, 1.54) is 17.8 Å². The molecule has 84 valence electrons. The first-order valence-electron chi connectivity index (χ1n) is 5.47. The predicted octanol–water partition coefficient (Wildman–Crippen LogP) is 3.22. The lowest BCUT2D eigenvalue weighted by Gasteiger charge is -2.04. The minimum absolute atomic E-state index is 0.296. The fourth-order valence-corrected chi connectivity index (χ4v) is 1.96. The van der Waals surface area contributed by atoms with Crippen molar-refractivity contribution in [2.24, 2.45) is 0 Å². The van der Waals surface area contributed by atoms with E-state index in [0.717, 1.165) is 17.6 Å². The maximum Gasteiger partial charge on any atom is 0.142 e. The van der Waals surface area contributed by atoms with Gasteiger partial charge in [-0.2, -0.15) is 0 Å². The Labute approximate surface area is 98.3 Å². The molecule has 0 unspecified atom stereocenters. The van der Waals surface area contributed by atoms with Gasteiger partial charge in [-0.3, -0.25) is 0 Å². The van der Waals surface area contributed by atoms with Crippen molar-refractivity contribution < 1.29 is 4.39 Å². The number of hydrogen-bond acceptors (Lipinski definition) is 1. The highest BCUT2D eigenvalue weighted by atomic mass is 19.1. The van der Waals surface area contributed by atoms with Crippen LogP contribution in [-0.4, -0.2) is 9.55 Å². The average Bonchev–Trinajstić information content (AvgIpc) is 2.73. The molecule has 2 aromatic heterocycles. The van der Waals surface area contributed by atoms with E-state index >= 15 is 0 Å². The van der Waals surface area contributed by atoms with Crippen LogP contribution in [0.4, 0.5) is 4.39 Å². The van der Waals surface area contributed by atoms with Crippen LogP contribution in [0.5, 0.6) is 0 Å². The molecule has 0 saturated carbocycles. The Morgan fingerprint density at radius 3 is 2.76 bits per heavy atom. The van der Waals surface area contributed by atoms with Gasteiger partial charge in [-0.1, -0.05) is 30.3 Å². The van der Waals surface area contributed by atoms with Crippen molar-refractivity contribution >= 4 is 11.0 Å². The summed E-state index contributed by atoms with van der Waals surface area (Å²) in [7, 11) is 0. The zero-order valence-electron chi connectivity index (χ0n) is 9.18. The van der Waals surface area contributed by atoms with Crippen LogP contribution in [0, 0.1) is 5.82 Å². The van der Waals surface area contributed by atoms with Crippen molar-refractivity contribution in [1.29, 1.82) is 0 Å². The van der Waals surface area contributed by atoms with Crippen LogP contribution >= 0.6 is 0 Å². The van der Waals surface area contributed by atoms with E-state index < -0.39 is 0 Å². The molecular formula is C14H11FN2. The van der Waals surface area contributed by atoms with E-state index in [-0.39, 0.29) is 5.82 Å². The zero-order valence-corrected chi connectivity index (χ0v) is 9.18. The van der Waals surface area contributed by atoms with Gasteiger partial charge in [0.1, 0.15) is 11.5 Å². The lowest BCUT2D eigenvalue weighted by atomic mass is 10.2. The average molecular weight is 226 g/mol. The molecule has 2 nitrogen and oxygen atoms in total. The molecule has 1 aromatic carbocycles. The third kappa shape index (κ3) is 1.91. The summed E-state index contributed by atoms with van der Waals surface area (Å²) in [6, 6.07) is 13.5. The number of benzene rings is 1. The molecule has 3 aromatic rings. The van der Waals surface area contributed by atoms with Crippen LogP contribution in [0.3, 0.4) is 0 Å². The summed E-state index contributed by atoms with van der Waals surface area (Å²) in [5.74, 6) is -0.296. The molecule has 0 spiro atoms. The van der Waals surface area contributed by atoms with E-state index in [1.807, 2.05) is 35.0 Å². The highest BCUT2D eigenvalue weighted by Crippen LogP contribution is 2.15. The normalized spacial score (nSPS) is 10.9. The topological polar surface area (TPSA) is 17.8 Å². The SMILES string of the molecule is Fc1cnc2c(ccn2Cc2ccccc2)c1. The van der Waals surface area contributed by atoms with Crippen LogP contribution in [0.25, 0.3) is 11.0 Å². The molecule has 0 atom stereocenters. The molecule has 0 N–H and O–H groups in total. The number of nitrogens with zero attached hydrogens (tertiary/aromatic N) is 2. The maximum atomic E-state index is 13.0. The van der Waals surface area contributed by atoms with Gasteiger partial charge in [0.2, 0.25) is 0 Å². The van der Waals surface area contributed by atoms with Crippen LogP contribution in [0.1, 0.15) is 5.56 Å². The van der Waals surface area contributed by atoms with Crippen molar-refractivity contribution in [2.75, 3.05) is 0 Å². The Balaban J connectivity index is 2.01. The number of aromatic nitrogens is 2. The molecular weight excluding hydrogens is 215 g/mol. The van der Waals surface area contributed by atoms with Crippen LogP contribution in [0.15, 0.2) is 54.9 Å². The van der Waals surface area contributed by atoms with Crippen molar-refractivity contribution in [3.8, 4) is 0 Å². The molecule has 0 aliphatic rings. The first kappa shape index (κ1) is 10.0. The van der Waals surface area contributed by atoms with E-state index in [9.17, 15) is 4.39 Å². The maximum absolute atomic E-state index is 13.0. The fraction of sp³-hybridized carbons (Fsp3) is 0.0714. The highest BCUT2D eigenvalue weighted by Gasteiger charge is 2.03. The smallest absolute Gasteiger partial charge is 0.142 e. The second-order valence-electron chi connectivity index (χ2n) is 4.00. The monoisotopic (exact) mass is 226 g/mol. The first-order chi connectivity index (χ1) is 8.33. The minimum atomic E-state index is -0.296. The Morgan fingerprint density at radius 2 is 1.94 bits per heavy atom. The Kier molecular flexibility index (Phi) is 2.37. The first-order valence-corrected chi connectivity index (χ1v) is 5.47. The summed E-state index contributed by atoms with van der Waals surface area (Å²) >= 11 is 0. The standard InChI is InChI=1S/C14H11FN2/c15-13-8-12-6-7-17(14(12)16-9-13)10-11-4-2-1-3-5-11/h1-9H,10H2. The van der Waals surface area contributed by atoms with Gasteiger partial charge in [0.15, 0.2) is 0 Å². The number of pyridine rings is 1. The van der Waals surface area contributed by atoms with Gasteiger partial charge in [-0.25, -0.2) is 9.37 Å². The molecule has 3 heteroatoms. The number of rotatable bonds is 2. The summed E-state index contributed by atoms with van der Waals surface area (Å²) in [5, 5.41) is 0.834. The van der Waals surface area contributed by atoms with Crippen LogP contribution < -0.4 is 0 Å². The zero-order chi connectivity index (χ0) is 11.7. The Morgan fingerprint density at radius 1 is 1.12 bits per heavy atom. The van der Waals surface area contributed by atoms with Crippen LogP contribution in [0.2, 0.25) is 0 Å². The molecule has 0 saturated heterocycles. The van der Waals surface area contributed by atoms with Crippen LogP contribution in [-0.2, 0) is 6.54 Å². The van der Waals surface area contributed by atoms with E-state index in [2.05, 4.69) is 17.1 Å². The molecule has 2 heterocycles. The lowest BCUT2D eigenvalue weighted by Crippen LogP contribution is -1.98. The Hall–Kier alpha value is -2.16. The molecule has 0 fully saturated rings. The Bertz CT molecular complexity index is 644. The summed E-state index contributed by atoms with van der Waals surface area (Å²) in [6.07, 6.45) is 3.19. The lowest BCUT2D eigenvalue weighted by molar-refractivity contribution is 0.623. The van der Waals surface area contributed by atoms with Gasteiger partial charge >= 0.3 is 0 Å². The molecule has 0 aliphatic carbocycles. The molecule has 0 amide bonds. The molecule has 3 rings (SSSR count). The van der Waals surface area contributed by atoms with Crippen molar-refractivity contribution in [3.05, 3.63) is 66.2 Å². The van der Waals surface area contributed by atoms with E-state index in [4.69, 9.17) is 0 Å². The summed E-state index contributed by atoms with van der Waals surface area (Å²) in [5.41, 5.74) is 2.02. The second-order valence-corrected chi connectivity index (χ2v) is 4.00. The van der Waals surface area contributed by atoms with Gasteiger partial charge in [0.05, 0.1) is 6.20 Å². The fourth-order valence-electron chi connectivity index (χ4n) is 1.96. The number of fused-ring (bicyclic) bond motifs is 1. The number of halogens is 1. The largest absolute Gasteiger partial charge is 0.328 e. The van der Waals surface area contributed by atoms with Gasteiger partial charge < -0.3 is 4.57 Å². The van der Waals surface area contributed by atoms with Crippen molar-refractivity contribution in [2.45, 2.75) is 6.54 Å². The van der Waals surface area contributed by atoms with Crippen molar-refractivity contribution in [3.63, 3.8) is 0 Å². The van der Waals surface area contributed by atoms with Gasteiger partial charge in [-0.15, -0.1) is 0 Å². The summed E-state index contributed by atoms with van der Waals surface area (Å²) in [4.78, 5) is 4.12. The predicted molar refractivity (Wildman–Crippen MR) is 65.2 cm³/mol. The molecule has 17 heavy (non-hydrogen) atoms.